The van der Waals surface area contributed by atoms with Crippen molar-refractivity contribution in [1.29, 1.82) is 0 Å². The van der Waals surface area contributed by atoms with Crippen molar-refractivity contribution in [2.45, 2.75) is 43.7 Å². The van der Waals surface area contributed by atoms with E-state index in [1.807, 2.05) is 0 Å². The summed E-state index contributed by atoms with van der Waals surface area (Å²) in [6.45, 7) is -0.663. The van der Waals surface area contributed by atoms with Crippen LogP contribution in [-0.4, -0.2) is 24.6 Å². The third kappa shape index (κ3) is 3.79. The minimum absolute atomic E-state index is 0.0650. The molecule has 3 N–H and O–H groups in total. The minimum atomic E-state index is -4.50. The summed E-state index contributed by atoms with van der Waals surface area (Å²) in [4.78, 5) is 0. The number of alkyl halides is 4. The summed E-state index contributed by atoms with van der Waals surface area (Å²) in [5.41, 5.74) is 3.78. The SMILES string of the molecule is NC1CCC(F)(CNC(F)(F)F)CC1. The molecule has 0 spiro atoms. The molecule has 1 rings (SSSR count). The van der Waals surface area contributed by atoms with Crippen LogP contribution in [0.15, 0.2) is 0 Å². The van der Waals surface area contributed by atoms with Crippen molar-refractivity contribution in [2.75, 3.05) is 6.54 Å². The van der Waals surface area contributed by atoms with Crippen LogP contribution >= 0.6 is 0 Å². The van der Waals surface area contributed by atoms with Gasteiger partial charge in [-0.25, -0.2) is 9.71 Å². The van der Waals surface area contributed by atoms with E-state index < -0.39 is 18.5 Å². The molecule has 1 fully saturated rings. The number of rotatable bonds is 2. The van der Waals surface area contributed by atoms with Crippen LogP contribution in [0.25, 0.3) is 0 Å². The van der Waals surface area contributed by atoms with E-state index in [4.69, 9.17) is 5.73 Å². The quantitative estimate of drug-likeness (QED) is 0.542. The fourth-order valence-corrected chi connectivity index (χ4v) is 1.59. The summed E-state index contributed by atoms with van der Waals surface area (Å²) < 4.78 is 48.9. The van der Waals surface area contributed by atoms with Crippen molar-refractivity contribution >= 4 is 0 Å². The van der Waals surface area contributed by atoms with Crippen LogP contribution in [0.1, 0.15) is 25.7 Å². The number of halogens is 4. The first-order chi connectivity index (χ1) is 6.31. The molecule has 0 radical (unpaired) electrons. The zero-order chi connectivity index (χ0) is 10.8. The normalized spacial score (nSPS) is 34.5. The predicted octanol–water partition coefficient (Wildman–Crippen LogP) is 1.71. The number of hydrogen-bond acceptors (Lipinski definition) is 2. The highest BCUT2D eigenvalue weighted by Gasteiger charge is 2.38. The summed E-state index contributed by atoms with van der Waals surface area (Å²) in [6.07, 6.45) is -3.38. The molecule has 0 bridgehead atoms. The number of hydrogen-bond donors (Lipinski definition) is 2. The topological polar surface area (TPSA) is 38.0 Å². The Morgan fingerprint density at radius 1 is 1.29 bits per heavy atom. The van der Waals surface area contributed by atoms with E-state index >= 15 is 0 Å². The molecule has 0 atom stereocenters. The molecule has 0 aromatic rings. The molecule has 0 aromatic carbocycles. The van der Waals surface area contributed by atoms with Gasteiger partial charge in [-0.05, 0) is 25.7 Å². The lowest BCUT2D eigenvalue weighted by molar-refractivity contribution is -0.163. The van der Waals surface area contributed by atoms with E-state index in [-0.39, 0.29) is 18.9 Å². The summed E-state index contributed by atoms with van der Waals surface area (Å²) >= 11 is 0. The Kier molecular flexibility index (Phi) is 3.36. The lowest BCUT2D eigenvalue weighted by Gasteiger charge is -2.32. The molecular weight excluding hydrogens is 200 g/mol. The maximum atomic E-state index is 13.7. The van der Waals surface area contributed by atoms with Crippen molar-refractivity contribution in [3.8, 4) is 0 Å². The average molecular weight is 214 g/mol. The van der Waals surface area contributed by atoms with Gasteiger partial charge in [-0.3, -0.25) is 0 Å². The lowest BCUT2D eigenvalue weighted by atomic mass is 9.84. The molecule has 84 valence electrons. The van der Waals surface area contributed by atoms with Gasteiger partial charge < -0.3 is 5.73 Å². The van der Waals surface area contributed by atoms with Crippen molar-refractivity contribution < 1.29 is 17.6 Å². The van der Waals surface area contributed by atoms with E-state index in [0.29, 0.717) is 12.8 Å². The molecule has 14 heavy (non-hydrogen) atoms. The van der Waals surface area contributed by atoms with Gasteiger partial charge in [-0.15, -0.1) is 0 Å². The molecule has 0 aromatic heterocycles. The van der Waals surface area contributed by atoms with Crippen LogP contribution in [0.2, 0.25) is 0 Å². The Morgan fingerprint density at radius 2 is 1.79 bits per heavy atom. The summed E-state index contributed by atoms with van der Waals surface area (Å²) in [5, 5.41) is 1.23. The van der Waals surface area contributed by atoms with Crippen LogP contribution in [0, 0.1) is 0 Å². The summed E-state index contributed by atoms with van der Waals surface area (Å²) in [7, 11) is 0. The van der Waals surface area contributed by atoms with Crippen molar-refractivity contribution in [3.05, 3.63) is 0 Å². The number of nitrogens with two attached hydrogens (primary N) is 1. The molecule has 0 aliphatic heterocycles. The van der Waals surface area contributed by atoms with Crippen LogP contribution in [0.5, 0.6) is 0 Å². The van der Waals surface area contributed by atoms with Gasteiger partial charge in [0.1, 0.15) is 5.67 Å². The van der Waals surface area contributed by atoms with E-state index in [2.05, 4.69) is 0 Å². The van der Waals surface area contributed by atoms with Crippen LogP contribution in [0.3, 0.4) is 0 Å². The van der Waals surface area contributed by atoms with E-state index in [9.17, 15) is 17.6 Å². The van der Waals surface area contributed by atoms with Gasteiger partial charge >= 0.3 is 6.30 Å². The maximum absolute atomic E-state index is 13.7. The molecule has 1 saturated carbocycles. The Morgan fingerprint density at radius 3 is 2.21 bits per heavy atom. The number of nitrogens with one attached hydrogen (secondary N) is 1. The van der Waals surface area contributed by atoms with Gasteiger partial charge in [0.2, 0.25) is 0 Å². The standard InChI is InChI=1S/C8H14F4N2/c9-7(5-14-8(10,11)12)3-1-6(13)2-4-7/h6,14H,1-5,13H2. The molecule has 0 amide bonds. The zero-order valence-electron chi connectivity index (χ0n) is 7.70. The third-order valence-corrected chi connectivity index (χ3v) is 2.53. The smallest absolute Gasteiger partial charge is 0.328 e. The molecular formula is C8H14F4N2. The monoisotopic (exact) mass is 214 g/mol. The van der Waals surface area contributed by atoms with Crippen LogP contribution < -0.4 is 11.1 Å². The minimum Gasteiger partial charge on any atom is -0.328 e. The largest absolute Gasteiger partial charge is 0.457 e. The molecule has 2 nitrogen and oxygen atoms in total. The molecule has 0 unspecified atom stereocenters. The zero-order valence-corrected chi connectivity index (χ0v) is 7.70. The highest BCUT2D eigenvalue weighted by Crippen LogP contribution is 2.31. The maximum Gasteiger partial charge on any atom is 0.457 e. The average Bonchev–Trinajstić information content (AvgIpc) is 2.07. The van der Waals surface area contributed by atoms with Gasteiger partial charge in [0.25, 0.3) is 0 Å². The second kappa shape index (κ2) is 4.02. The highest BCUT2D eigenvalue weighted by atomic mass is 19.4. The highest BCUT2D eigenvalue weighted by molar-refractivity contribution is 4.89. The molecule has 0 heterocycles. The second-order valence-corrected chi connectivity index (χ2v) is 3.84. The Hall–Kier alpha value is -0.360. The van der Waals surface area contributed by atoms with Gasteiger partial charge in [0.15, 0.2) is 0 Å². The van der Waals surface area contributed by atoms with Crippen LogP contribution in [-0.2, 0) is 0 Å². The van der Waals surface area contributed by atoms with Crippen molar-refractivity contribution in [2.24, 2.45) is 5.73 Å². The van der Waals surface area contributed by atoms with Crippen LogP contribution in [0.4, 0.5) is 17.6 Å². The van der Waals surface area contributed by atoms with Crippen molar-refractivity contribution in [3.63, 3.8) is 0 Å². The Labute approximate surface area is 79.8 Å². The molecule has 6 heteroatoms. The first kappa shape index (κ1) is 11.7. The lowest BCUT2D eigenvalue weighted by Crippen LogP contribution is -2.46. The third-order valence-electron chi connectivity index (χ3n) is 2.53. The van der Waals surface area contributed by atoms with E-state index in [0.717, 1.165) is 0 Å². The van der Waals surface area contributed by atoms with E-state index in [1.165, 1.54) is 5.32 Å². The summed E-state index contributed by atoms with van der Waals surface area (Å²) in [5.74, 6) is 0. The summed E-state index contributed by atoms with van der Waals surface area (Å²) in [6, 6.07) is -0.0650. The predicted molar refractivity (Wildman–Crippen MR) is 44.3 cm³/mol. The Balaban J connectivity index is 2.36. The van der Waals surface area contributed by atoms with Gasteiger partial charge in [-0.1, -0.05) is 0 Å². The first-order valence-corrected chi connectivity index (χ1v) is 4.57. The molecule has 1 aliphatic carbocycles. The van der Waals surface area contributed by atoms with Crippen molar-refractivity contribution in [1.82, 2.24) is 5.32 Å². The molecule has 1 aliphatic rings. The first-order valence-electron chi connectivity index (χ1n) is 4.57. The fraction of sp³-hybridized carbons (Fsp3) is 1.00. The fourth-order valence-electron chi connectivity index (χ4n) is 1.59. The van der Waals surface area contributed by atoms with Gasteiger partial charge in [-0.2, -0.15) is 13.2 Å². The molecule has 0 saturated heterocycles. The van der Waals surface area contributed by atoms with Gasteiger partial charge in [0, 0.05) is 12.6 Å². The second-order valence-electron chi connectivity index (χ2n) is 3.84. The van der Waals surface area contributed by atoms with E-state index in [1.54, 1.807) is 0 Å². The Bertz CT molecular complexity index is 184. The van der Waals surface area contributed by atoms with Gasteiger partial charge in [0.05, 0.1) is 0 Å².